The number of para-hydroxylation sites is 1. The molecule has 2 aromatic carbocycles. The molecular weight excluding hydrogens is 412 g/mol. The molecule has 0 amide bonds. The Hall–Kier alpha value is -3.59. The van der Waals surface area contributed by atoms with Crippen LogP contribution in [0, 0.1) is 11.6 Å². The van der Waals surface area contributed by atoms with Gasteiger partial charge in [0.15, 0.2) is 5.65 Å². The van der Waals surface area contributed by atoms with Crippen molar-refractivity contribution in [3.63, 3.8) is 0 Å². The van der Waals surface area contributed by atoms with Crippen LogP contribution in [-0.4, -0.2) is 32.6 Å². The Labute approximate surface area is 184 Å². The molecule has 2 aromatic heterocycles. The van der Waals surface area contributed by atoms with Crippen LogP contribution in [0.4, 0.5) is 32.1 Å². The highest BCUT2D eigenvalue weighted by Gasteiger charge is 2.23. The largest absolute Gasteiger partial charge is 0.324 e. The first-order chi connectivity index (χ1) is 15.2. The SMILES string of the molecule is C.Fc1ccc(Nc2ncc3nc(Nc4ccccc4F)n(C4CCNCC4)c3n2)cc1. The van der Waals surface area contributed by atoms with Crippen molar-refractivity contribution in [2.75, 3.05) is 23.7 Å². The van der Waals surface area contributed by atoms with Gasteiger partial charge in [0.1, 0.15) is 17.2 Å². The zero-order valence-corrected chi connectivity index (χ0v) is 16.6. The summed E-state index contributed by atoms with van der Waals surface area (Å²) in [5, 5.41) is 9.59. The van der Waals surface area contributed by atoms with Gasteiger partial charge in [-0.15, -0.1) is 0 Å². The van der Waals surface area contributed by atoms with Crippen LogP contribution in [0.1, 0.15) is 26.3 Å². The van der Waals surface area contributed by atoms with Crippen LogP contribution in [0.2, 0.25) is 0 Å². The molecule has 0 spiro atoms. The third-order valence-electron chi connectivity index (χ3n) is 5.33. The Bertz CT molecular complexity index is 1200. The topological polar surface area (TPSA) is 79.7 Å². The number of aromatic nitrogens is 4. The Kier molecular flexibility index (Phi) is 6.27. The first kappa shape index (κ1) is 21.6. The van der Waals surface area contributed by atoms with Gasteiger partial charge in [0.25, 0.3) is 0 Å². The standard InChI is InChI=1S/C22H21F2N7.CH4/c23-14-5-7-15(8-6-14)27-21-26-13-19-20(30-21)31(16-9-11-25-12-10-16)22(29-19)28-18-4-2-1-3-17(18)24;/h1-8,13,16,25H,9-12H2,(H,28,29)(H,26,27,30);1H4. The number of nitrogens with zero attached hydrogens (tertiary/aromatic N) is 4. The van der Waals surface area contributed by atoms with E-state index in [1.165, 1.54) is 18.2 Å². The van der Waals surface area contributed by atoms with Crippen molar-refractivity contribution in [1.82, 2.24) is 24.8 Å². The number of rotatable bonds is 5. The van der Waals surface area contributed by atoms with Gasteiger partial charge in [0.2, 0.25) is 11.9 Å². The van der Waals surface area contributed by atoms with E-state index in [1.807, 2.05) is 4.57 Å². The van der Waals surface area contributed by atoms with E-state index in [-0.39, 0.29) is 25.1 Å². The number of fused-ring (bicyclic) bond motifs is 1. The van der Waals surface area contributed by atoms with Crippen LogP contribution in [0.3, 0.4) is 0 Å². The van der Waals surface area contributed by atoms with E-state index < -0.39 is 0 Å². The second-order valence-corrected chi connectivity index (χ2v) is 7.43. The van der Waals surface area contributed by atoms with Gasteiger partial charge in [-0.2, -0.15) is 4.98 Å². The lowest BCUT2D eigenvalue weighted by Gasteiger charge is -2.26. The fourth-order valence-corrected chi connectivity index (χ4v) is 3.80. The van der Waals surface area contributed by atoms with Crippen molar-refractivity contribution >= 4 is 34.4 Å². The zero-order valence-electron chi connectivity index (χ0n) is 16.6. The number of anilines is 4. The minimum absolute atomic E-state index is 0. The van der Waals surface area contributed by atoms with Crippen molar-refractivity contribution < 1.29 is 8.78 Å². The van der Waals surface area contributed by atoms with Crippen molar-refractivity contribution in [1.29, 1.82) is 0 Å². The molecule has 9 heteroatoms. The molecule has 1 saturated heterocycles. The van der Waals surface area contributed by atoms with Crippen molar-refractivity contribution in [3.05, 3.63) is 66.4 Å². The van der Waals surface area contributed by atoms with Crippen LogP contribution in [-0.2, 0) is 0 Å². The number of hydrogen-bond acceptors (Lipinski definition) is 6. The molecular formula is C23H25F2N7. The molecule has 0 aliphatic carbocycles. The van der Waals surface area contributed by atoms with Gasteiger partial charge in [-0.3, -0.25) is 4.57 Å². The van der Waals surface area contributed by atoms with Crippen LogP contribution in [0.5, 0.6) is 0 Å². The quantitative estimate of drug-likeness (QED) is 0.401. The van der Waals surface area contributed by atoms with E-state index in [2.05, 4.69) is 30.9 Å². The normalized spacial score (nSPS) is 14.2. The Morgan fingerprint density at radius 3 is 2.44 bits per heavy atom. The summed E-state index contributed by atoms with van der Waals surface area (Å²) < 4.78 is 29.5. The van der Waals surface area contributed by atoms with Gasteiger partial charge in [-0.05, 0) is 62.3 Å². The molecule has 3 heterocycles. The number of nitrogens with one attached hydrogen (secondary N) is 3. The maximum absolute atomic E-state index is 14.3. The molecule has 0 atom stereocenters. The van der Waals surface area contributed by atoms with Crippen LogP contribution >= 0.6 is 0 Å². The minimum atomic E-state index is -0.351. The van der Waals surface area contributed by atoms with Crippen LogP contribution in [0.25, 0.3) is 11.2 Å². The lowest BCUT2D eigenvalue weighted by Crippen LogP contribution is -2.30. The van der Waals surface area contributed by atoms with E-state index in [9.17, 15) is 8.78 Å². The molecule has 7 nitrogen and oxygen atoms in total. The van der Waals surface area contributed by atoms with Gasteiger partial charge in [0.05, 0.1) is 11.9 Å². The number of hydrogen-bond donors (Lipinski definition) is 3. The zero-order chi connectivity index (χ0) is 21.2. The molecule has 0 unspecified atom stereocenters. The van der Waals surface area contributed by atoms with Gasteiger partial charge in [-0.1, -0.05) is 19.6 Å². The van der Waals surface area contributed by atoms with Gasteiger partial charge in [0, 0.05) is 11.7 Å². The Balaban J connectivity index is 0.00000245. The molecule has 0 saturated carbocycles. The predicted molar refractivity (Wildman–Crippen MR) is 123 cm³/mol. The third-order valence-corrected chi connectivity index (χ3v) is 5.33. The van der Waals surface area contributed by atoms with E-state index in [4.69, 9.17) is 0 Å². The molecule has 0 bridgehead atoms. The number of piperidine rings is 1. The third kappa shape index (κ3) is 4.38. The number of halogens is 2. The van der Waals surface area contributed by atoms with Crippen molar-refractivity contribution in [3.8, 4) is 0 Å². The average molecular weight is 437 g/mol. The summed E-state index contributed by atoms with van der Waals surface area (Å²) in [6.45, 7) is 1.77. The van der Waals surface area contributed by atoms with Crippen molar-refractivity contribution in [2.45, 2.75) is 26.3 Å². The summed E-state index contributed by atoms with van der Waals surface area (Å²) in [6.07, 6.45) is 3.45. The van der Waals surface area contributed by atoms with Crippen LogP contribution in [0.15, 0.2) is 54.7 Å². The van der Waals surface area contributed by atoms with Crippen molar-refractivity contribution in [2.24, 2.45) is 0 Å². The van der Waals surface area contributed by atoms with E-state index >= 15 is 0 Å². The van der Waals surface area contributed by atoms with Gasteiger partial charge >= 0.3 is 0 Å². The van der Waals surface area contributed by atoms with E-state index in [0.717, 1.165) is 25.9 Å². The molecule has 3 N–H and O–H groups in total. The summed E-state index contributed by atoms with van der Waals surface area (Å²) in [5.74, 6) is 0.248. The lowest BCUT2D eigenvalue weighted by molar-refractivity contribution is 0.376. The summed E-state index contributed by atoms with van der Waals surface area (Å²) in [7, 11) is 0. The summed E-state index contributed by atoms with van der Waals surface area (Å²) in [6, 6.07) is 12.7. The molecule has 1 aliphatic rings. The molecule has 1 fully saturated rings. The molecule has 5 rings (SSSR count). The van der Waals surface area contributed by atoms with E-state index in [1.54, 1.807) is 36.5 Å². The Morgan fingerprint density at radius 1 is 0.938 bits per heavy atom. The number of benzene rings is 2. The molecule has 32 heavy (non-hydrogen) atoms. The fraction of sp³-hybridized carbons (Fsp3) is 0.261. The maximum atomic E-state index is 14.3. The fourth-order valence-electron chi connectivity index (χ4n) is 3.80. The summed E-state index contributed by atoms with van der Waals surface area (Å²) in [5.41, 5.74) is 2.30. The van der Waals surface area contributed by atoms with E-state index in [0.29, 0.717) is 34.4 Å². The smallest absolute Gasteiger partial charge is 0.229 e. The monoisotopic (exact) mass is 437 g/mol. The molecule has 1 aliphatic heterocycles. The molecule has 4 aromatic rings. The molecule has 0 radical (unpaired) electrons. The second kappa shape index (κ2) is 9.27. The summed E-state index contributed by atoms with van der Waals surface area (Å²) >= 11 is 0. The van der Waals surface area contributed by atoms with Gasteiger partial charge in [-0.25, -0.2) is 18.7 Å². The summed E-state index contributed by atoms with van der Waals surface area (Å²) in [4.78, 5) is 13.7. The highest BCUT2D eigenvalue weighted by molar-refractivity contribution is 5.77. The van der Waals surface area contributed by atoms with Crippen LogP contribution < -0.4 is 16.0 Å². The maximum Gasteiger partial charge on any atom is 0.229 e. The first-order valence-corrected chi connectivity index (χ1v) is 10.2. The lowest BCUT2D eigenvalue weighted by atomic mass is 10.1. The Morgan fingerprint density at radius 2 is 1.69 bits per heavy atom. The first-order valence-electron chi connectivity index (χ1n) is 10.2. The second-order valence-electron chi connectivity index (χ2n) is 7.43. The number of imidazole rings is 1. The highest BCUT2D eigenvalue weighted by Crippen LogP contribution is 2.31. The predicted octanol–water partition coefficient (Wildman–Crippen LogP) is 5.15. The average Bonchev–Trinajstić information content (AvgIpc) is 3.15. The minimum Gasteiger partial charge on any atom is -0.324 e. The van der Waals surface area contributed by atoms with Gasteiger partial charge < -0.3 is 16.0 Å². The highest BCUT2D eigenvalue weighted by atomic mass is 19.1. The molecule has 166 valence electrons.